The SMILES string of the molecule is C\C=C(/C=C\C(CCC)=C(\C)CC)C(C)O. The molecule has 16 heavy (non-hydrogen) atoms. The van der Waals surface area contributed by atoms with Crippen LogP contribution in [0.15, 0.2) is 34.9 Å². The molecule has 0 spiro atoms. The Balaban J connectivity index is 4.82. The molecule has 0 aromatic carbocycles. The van der Waals surface area contributed by atoms with E-state index in [0.29, 0.717) is 0 Å². The van der Waals surface area contributed by atoms with Gasteiger partial charge in [-0.15, -0.1) is 0 Å². The second-order valence-corrected chi connectivity index (χ2v) is 4.21. The van der Waals surface area contributed by atoms with Gasteiger partial charge in [0, 0.05) is 0 Å². The van der Waals surface area contributed by atoms with E-state index in [1.54, 1.807) is 6.92 Å². The third kappa shape index (κ3) is 5.32. The number of hydrogen-bond acceptors (Lipinski definition) is 1. The van der Waals surface area contributed by atoms with Crippen molar-refractivity contribution in [2.75, 3.05) is 0 Å². The molecule has 0 rings (SSSR count). The van der Waals surface area contributed by atoms with Gasteiger partial charge in [-0.05, 0) is 44.8 Å². The Labute approximate surface area is 101 Å². The molecular weight excluding hydrogens is 196 g/mol. The maximum absolute atomic E-state index is 9.52. The smallest absolute Gasteiger partial charge is 0.0758 e. The van der Waals surface area contributed by atoms with E-state index in [1.807, 2.05) is 19.1 Å². The molecule has 1 N–H and O–H groups in total. The zero-order valence-electron chi connectivity index (χ0n) is 11.4. The van der Waals surface area contributed by atoms with Crippen LogP contribution in [0.4, 0.5) is 0 Å². The second kappa shape index (κ2) is 8.35. The van der Waals surface area contributed by atoms with Crippen LogP contribution in [0.1, 0.15) is 53.9 Å². The molecule has 0 aliphatic heterocycles. The van der Waals surface area contributed by atoms with E-state index in [-0.39, 0.29) is 6.10 Å². The fourth-order valence-corrected chi connectivity index (χ4v) is 1.61. The van der Waals surface area contributed by atoms with Crippen molar-refractivity contribution in [1.29, 1.82) is 0 Å². The van der Waals surface area contributed by atoms with Crippen LogP contribution in [0.25, 0.3) is 0 Å². The molecule has 0 aromatic heterocycles. The van der Waals surface area contributed by atoms with Crippen LogP contribution in [0.5, 0.6) is 0 Å². The zero-order valence-corrected chi connectivity index (χ0v) is 11.4. The standard InChI is InChI=1S/C15H26O/c1-6-9-15(12(4)7-2)11-10-14(8-3)13(5)16/h8,10-11,13,16H,6-7,9H2,1-5H3/b11-10-,14-8+,15-12-. The summed E-state index contributed by atoms with van der Waals surface area (Å²) >= 11 is 0. The van der Waals surface area contributed by atoms with Crippen molar-refractivity contribution in [3.8, 4) is 0 Å². The van der Waals surface area contributed by atoms with Crippen LogP contribution in [-0.2, 0) is 0 Å². The van der Waals surface area contributed by atoms with Gasteiger partial charge in [-0.25, -0.2) is 0 Å². The van der Waals surface area contributed by atoms with Gasteiger partial charge in [0.05, 0.1) is 6.10 Å². The van der Waals surface area contributed by atoms with Gasteiger partial charge in [0.15, 0.2) is 0 Å². The van der Waals surface area contributed by atoms with E-state index in [2.05, 4.69) is 26.8 Å². The summed E-state index contributed by atoms with van der Waals surface area (Å²) < 4.78 is 0. The minimum atomic E-state index is -0.383. The van der Waals surface area contributed by atoms with Crippen molar-refractivity contribution in [3.63, 3.8) is 0 Å². The molecule has 92 valence electrons. The minimum absolute atomic E-state index is 0.383. The minimum Gasteiger partial charge on any atom is -0.389 e. The molecule has 0 fully saturated rings. The number of hydrogen-bond donors (Lipinski definition) is 1. The molecule has 1 atom stereocenters. The first-order valence-electron chi connectivity index (χ1n) is 6.27. The molecule has 0 heterocycles. The predicted octanol–water partition coefficient (Wildman–Crippen LogP) is 4.40. The molecule has 0 aliphatic carbocycles. The van der Waals surface area contributed by atoms with E-state index in [0.717, 1.165) is 24.8 Å². The van der Waals surface area contributed by atoms with Gasteiger partial charge < -0.3 is 5.11 Å². The van der Waals surface area contributed by atoms with E-state index in [9.17, 15) is 5.11 Å². The number of aliphatic hydroxyl groups is 1. The van der Waals surface area contributed by atoms with Gasteiger partial charge in [-0.1, -0.05) is 44.1 Å². The van der Waals surface area contributed by atoms with Gasteiger partial charge in [-0.2, -0.15) is 0 Å². The summed E-state index contributed by atoms with van der Waals surface area (Å²) in [6, 6.07) is 0. The topological polar surface area (TPSA) is 20.2 Å². The van der Waals surface area contributed by atoms with E-state index < -0.39 is 0 Å². The Morgan fingerprint density at radius 2 is 1.88 bits per heavy atom. The summed E-state index contributed by atoms with van der Waals surface area (Å²) in [6.45, 7) is 10.3. The monoisotopic (exact) mass is 222 g/mol. The molecule has 0 amide bonds. The van der Waals surface area contributed by atoms with Gasteiger partial charge in [0.2, 0.25) is 0 Å². The highest BCUT2D eigenvalue weighted by Gasteiger charge is 2.00. The molecule has 0 saturated heterocycles. The highest BCUT2D eigenvalue weighted by atomic mass is 16.3. The molecule has 1 nitrogen and oxygen atoms in total. The summed E-state index contributed by atoms with van der Waals surface area (Å²) in [7, 11) is 0. The lowest BCUT2D eigenvalue weighted by Crippen LogP contribution is -2.01. The lowest BCUT2D eigenvalue weighted by Gasteiger charge is -2.08. The van der Waals surface area contributed by atoms with Crippen molar-refractivity contribution in [1.82, 2.24) is 0 Å². The summed E-state index contributed by atoms with van der Waals surface area (Å²) in [4.78, 5) is 0. The molecule has 0 aliphatic rings. The fourth-order valence-electron chi connectivity index (χ4n) is 1.61. The largest absolute Gasteiger partial charge is 0.389 e. The maximum Gasteiger partial charge on any atom is 0.0758 e. The van der Waals surface area contributed by atoms with Crippen molar-refractivity contribution in [2.24, 2.45) is 0 Å². The Morgan fingerprint density at radius 1 is 1.25 bits per heavy atom. The molecule has 0 radical (unpaired) electrons. The average Bonchev–Trinajstić information content (AvgIpc) is 2.27. The first-order chi connectivity index (χ1) is 7.56. The average molecular weight is 222 g/mol. The first kappa shape index (κ1) is 15.2. The van der Waals surface area contributed by atoms with Crippen LogP contribution in [0.2, 0.25) is 0 Å². The summed E-state index contributed by atoms with van der Waals surface area (Å²) in [6.07, 6.45) is 9.15. The maximum atomic E-state index is 9.52. The van der Waals surface area contributed by atoms with Crippen molar-refractivity contribution in [3.05, 3.63) is 34.9 Å². The van der Waals surface area contributed by atoms with Crippen LogP contribution in [0, 0.1) is 0 Å². The first-order valence-corrected chi connectivity index (χ1v) is 6.27. The molecule has 1 unspecified atom stereocenters. The van der Waals surface area contributed by atoms with Crippen LogP contribution >= 0.6 is 0 Å². The zero-order chi connectivity index (χ0) is 12.6. The van der Waals surface area contributed by atoms with Gasteiger partial charge in [0.25, 0.3) is 0 Å². The Bertz CT molecular complexity index is 280. The number of aliphatic hydroxyl groups excluding tert-OH is 1. The van der Waals surface area contributed by atoms with E-state index >= 15 is 0 Å². The molecule has 0 bridgehead atoms. The Kier molecular flexibility index (Phi) is 7.92. The highest BCUT2D eigenvalue weighted by Crippen LogP contribution is 2.17. The summed E-state index contributed by atoms with van der Waals surface area (Å²) in [5.41, 5.74) is 3.83. The molecule has 0 aromatic rings. The van der Waals surface area contributed by atoms with E-state index in [1.165, 1.54) is 11.1 Å². The van der Waals surface area contributed by atoms with Crippen molar-refractivity contribution < 1.29 is 5.11 Å². The lowest BCUT2D eigenvalue weighted by atomic mass is 10.0. The summed E-state index contributed by atoms with van der Waals surface area (Å²) in [5, 5.41) is 9.52. The van der Waals surface area contributed by atoms with Crippen LogP contribution in [0.3, 0.4) is 0 Å². The Morgan fingerprint density at radius 3 is 2.25 bits per heavy atom. The van der Waals surface area contributed by atoms with Gasteiger partial charge >= 0.3 is 0 Å². The number of rotatable bonds is 6. The molecule has 1 heteroatoms. The van der Waals surface area contributed by atoms with Crippen molar-refractivity contribution in [2.45, 2.75) is 60.0 Å². The quantitative estimate of drug-likeness (QED) is 0.661. The van der Waals surface area contributed by atoms with Crippen LogP contribution < -0.4 is 0 Å². The van der Waals surface area contributed by atoms with E-state index in [4.69, 9.17) is 0 Å². The predicted molar refractivity (Wildman–Crippen MR) is 72.5 cm³/mol. The summed E-state index contributed by atoms with van der Waals surface area (Å²) in [5.74, 6) is 0. The lowest BCUT2D eigenvalue weighted by molar-refractivity contribution is 0.235. The number of allylic oxidation sites excluding steroid dienone is 4. The Hall–Kier alpha value is -0.820. The second-order valence-electron chi connectivity index (χ2n) is 4.21. The molecular formula is C15H26O. The molecule has 0 saturated carbocycles. The van der Waals surface area contributed by atoms with Gasteiger partial charge in [0.1, 0.15) is 0 Å². The van der Waals surface area contributed by atoms with Crippen molar-refractivity contribution >= 4 is 0 Å². The van der Waals surface area contributed by atoms with Crippen LogP contribution in [-0.4, -0.2) is 11.2 Å². The third-order valence-electron chi connectivity index (χ3n) is 2.89. The third-order valence-corrected chi connectivity index (χ3v) is 2.89. The fraction of sp³-hybridized carbons (Fsp3) is 0.600. The normalized spacial score (nSPS) is 16.5. The van der Waals surface area contributed by atoms with Gasteiger partial charge in [-0.3, -0.25) is 0 Å². The highest BCUT2D eigenvalue weighted by molar-refractivity contribution is 5.32.